The van der Waals surface area contributed by atoms with Gasteiger partial charge in [0.25, 0.3) is 0 Å². The highest BCUT2D eigenvalue weighted by molar-refractivity contribution is 5.99. The maximum absolute atomic E-state index is 14.9. The molecule has 0 spiro atoms. The number of anilines is 2. The lowest BCUT2D eigenvalue weighted by molar-refractivity contribution is 0.446. The summed E-state index contributed by atoms with van der Waals surface area (Å²) in [5.41, 5.74) is -1.84. The normalized spacial score (nSPS) is 12.1. The number of hydrogen-bond acceptors (Lipinski definition) is 4. The average molecular weight is 562 g/mol. The zero-order valence-electron chi connectivity index (χ0n) is 20.7. The molecule has 0 aliphatic heterocycles. The zero-order chi connectivity index (χ0) is 29.1. The smallest absolute Gasteiger partial charge is 0.187 e. The van der Waals surface area contributed by atoms with Gasteiger partial charge in [0, 0.05) is 0 Å². The van der Waals surface area contributed by atoms with Crippen molar-refractivity contribution in [1.82, 2.24) is 0 Å². The Hall–Kier alpha value is -4.74. The molecule has 0 atom stereocenters. The third-order valence-corrected chi connectivity index (χ3v) is 5.83. The van der Waals surface area contributed by atoms with Crippen molar-refractivity contribution in [3.8, 4) is 11.1 Å². The average Bonchev–Trinajstić information content (AvgIpc) is 2.97. The van der Waals surface area contributed by atoms with Crippen LogP contribution in [0.3, 0.4) is 0 Å². The molecular weight excluding hydrogens is 544 g/mol. The van der Waals surface area contributed by atoms with Gasteiger partial charge in [-0.1, -0.05) is 60.7 Å². The first-order valence-corrected chi connectivity index (χ1v) is 11.5. The Bertz CT molecular complexity index is 1460. The van der Waals surface area contributed by atoms with E-state index in [1.54, 1.807) is 60.7 Å². The summed E-state index contributed by atoms with van der Waals surface area (Å²) in [4.78, 5) is 0. The van der Waals surface area contributed by atoms with Crippen LogP contribution in [0.4, 0.5) is 46.5 Å². The van der Waals surface area contributed by atoms with Gasteiger partial charge in [0.05, 0.1) is 22.6 Å². The van der Waals surface area contributed by atoms with Gasteiger partial charge in [0.1, 0.15) is 11.4 Å². The topological polar surface area (TPSA) is 48.8 Å². The molecule has 0 saturated carbocycles. The Morgan fingerprint density at radius 1 is 0.450 bits per heavy atom. The summed E-state index contributed by atoms with van der Waals surface area (Å²) in [5, 5.41) is 7.33. The predicted octanol–water partition coefficient (Wildman–Crippen LogP) is 8.14. The number of hydrogen-bond donors (Lipinski definition) is 2. The van der Waals surface area contributed by atoms with E-state index < -0.39 is 69.0 Å². The van der Waals surface area contributed by atoms with Gasteiger partial charge < -0.3 is 0 Å². The van der Waals surface area contributed by atoms with Crippen molar-refractivity contribution in [2.45, 2.75) is 13.8 Å². The van der Waals surface area contributed by atoms with Crippen molar-refractivity contribution in [3.63, 3.8) is 0 Å². The second-order valence-corrected chi connectivity index (χ2v) is 8.36. The molecule has 40 heavy (non-hydrogen) atoms. The fourth-order valence-corrected chi connectivity index (χ4v) is 3.67. The van der Waals surface area contributed by atoms with E-state index in [1.807, 2.05) is 10.9 Å². The molecule has 0 saturated heterocycles. The van der Waals surface area contributed by atoms with Gasteiger partial charge in [-0.05, 0) is 25.0 Å². The third-order valence-electron chi connectivity index (χ3n) is 5.83. The number of rotatable bonds is 7. The fourth-order valence-electron chi connectivity index (χ4n) is 3.67. The molecule has 4 nitrogen and oxygen atoms in total. The summed E-state index contributed by atoms with van der Waals surface area (Å²) < 4.78 is 119. The molecule has 2 N–H and O–H groups in total. The molecule has 0 heterocycles. The molecule has 0 amide bonds. The van der Waals surface area contributed by atoms with Crippen LogP contribution in [-0.4, -0.2) is 11.4 Å². The van der Waals surface area contributed by atoms with Crippen molar-refractivity contribution in [2.24, 2.45) is 10.2 Å². The molecule has 4 aromatic rings. The number of nitrogens with zero attached hydrogens (tertiary/aromatic N) is 2. The van der Waals surface area contributed by atoms with Gasteiger partial charge in [0.15, 0.2) is 46.5 Å². The van der Waals surface area contributed by atoms with Crippen LogP contribution >= 0.6 is 0 Å². The number of halogens is 8. The molecule has 206 valence electrons. The number of hydrazone groups is 2. The highest BCUT2D eigenvalue weighted by atomic mass is 19.2. The minimum absolute atomic E-state index is 0.166. The van der Waals surface area contributed by atoms with E-state index in [1.165, 1.54) is 13.8 Å². The van der Waals surface area contributed by atoms with Crippen LogP contribution in [0.15, 0.2) is 70.9 Å². The van der Waals surface area contributed by atoms with E-state index in [0.29, 0.717) is 11.1 Å². The van der Waals surface area contributed by atoms with Crippen LogP contribution in [-0.2, 0) is 0 Å². The van der Waals surface area contributed by atoms with E-state index in [9.17, 15) is 35.1 Å². The van der Waals surface area contributed by atoms with E-state index in [-0.39, 0.29) is 11.4 Å². The van der Waals surface area contributed by atoms with Crippen LogP contribution in [0.5, 0.6) is 0 Å². The van der Waals surface area contributed by atoms with Crippen molar-refractivity contribution in [1.29, 1.82) is 0 Å². The lowest BCUT2D eigenvalue weighted by Gasteiger charge is -2.15. The van der Waals surface area contributed by atoms with Gasteiger partial charge in [-0.25, -0.2) is 35.1 Å². The SMILES string of the molecule is C/C(=N/Nc1c(F)c(F)c(-c2c(F)c(F)c(N/N=C(\C)c3ccccc3)c(F)c2F)c(F)c1F)c1ccccc1. The monoisotopic (exact) mass is 562 g/mol. The van der Waals surface area contributed by atoms with Crippen molar-refractivity contribution >= 4 is 22.8 Å². The molecule has 4 aromatic carbocycles. The molecule has 4 rings (SSSR count). The summed E-state index contributed by atoms with van der Waals surface area (Å²) in [6.07, 6.45) is 0. The molecule has 0 aromatic heterocycles. The van der Waals surface area contributed by atoms with Gasteiger partial charge in [-0.15, -0.1) is 0 Å². The molecule has 0 unspecified atom stereocenters. The van der Waals surface area contributed by atoms with Crippen LogP contribution in [0.25, 0.3) is 11.1 Å². The zero-order valence-corrected chi connectivity index (χ0v) is 20.7. The molecule has 0 fully saturated rings. The van der Waals surface area contributed by atoms with E-state index >= 15 is 0 Å². The second-order valence-electron chi connectivity index (χ2n) is 8.36. The van der Waals surface area contributed by atoms with Gasteiger partial charge in [0.2, 0.25) is 0 Å². The van der Waals surface area contributed by atoms with E-state index in [2.05, 4.69) is 10.2 Å². The first-order valence-electron chi connectivity index (χ1n) is 11.5. The highest BCUT2D eigenvalue weighted by Crippen LogP contribution is 2.40. The summed E-state index contributed by atoms with van der Waals surface area (Å²) in [6, 6.07) is 16.3. The molecule has 12 heteroatoms. The fraction of sp³-hybridized carbons (Fsp3) is 0.0714. The van der Waals surface area contributed by atoms with Crippen LogP contribution in [0.2, 0.25) is 0 Å². The molecule has 0 aliphatic carbocycles. The molecule has 0 aliphatic rings. The van der Waals surface area contributed by atoms with Gasteiger partial charge in [-0.3, -0.25) is 10.9 Å². The lowest BCUT2D eigenvalue weighted by atomic mass is 10.00. The number of nitrogens with one attached hydrogen (secondary N) is 2. The quantitative estimate of drug-likeness (QED) is 0.103. The maximum atomic E-state index is 14.9. The Kier molecular flexibility index (Phi) is 8.17. The van der Waals surface area contributed by atoms with Crippen LogP contribution < -0.4 is 10.9 Å². The first-order chi connectivity index (χ1) is 19.0. The summed E-state index contributed by atoms with van der Waals surface area (Å²) in [6.45, 7) is 2.85. The van der Waals surface area contributed by atoms with E-state index in [0.717, 1.165) is 0 Å². The van der Waals surface area contributed by atoms with Crippen LogP contribution in [0, 0.1) is 46.5 Å². The first kappa shape index (κ1) is 28.3. The van der Waals surface area contributed by atoms with Crippen molar-refractivity contribution in [3.05, 3.63) is 118 Å². The summed E-state index contributed by atoms with van der Waals surface area (Å²) >= 11 is 0. The molecule has 0 radical (unpaired) electrons. The second kappa shape index (κ2) is 11.6. The third kappa shape index (κ3) is 5.24. The standard InChI is InChI=1S/C28H18F8N4/c1-13(15-9-5-3-6-10-15)37-39-27-23(33)19(29)17(20(30)24(27)34)18-21(31)25(35)28(26(36)22(18)32)40-38-14(2)16-11-7-4-8-12-16/h3-12,39-40H,1-2H3/b37-13-,38-14+. The van der Waals surface area contributed by atoms with Crippen molar-refractivity contribution in [2.75, 3.05) is 10.9 Å². The minimum atomic E-state index is -2.32. The molecule has 0 bridgehead atoms. The maximum Gasteiger partial charge on any atom is 0.187 e. The predicted molar refractivity (Wildman–Crippen MR) is 136 cm³/mol. The van der Waals surface area contributed by atoms with Crippen LogP contribution in [0.1, 0.15) is 25.0 Å². The Morgan fingerprint density at radius 2 is 0.725 bits per heavy atom. The Labute approximate surface area is 222 Å². The Balaban J connectivity index is 1.76. The van der Waals surface area contributed by atoms with Gasteiger partial charge >= 0.3 is 0 Å². The summed E-state index contributed by atoms with van der Waals surface area (Å²) in [5.74, 6) is -17.8. The minimum Gasteiger partial charge on any atom is -0.272 e. The largest absolute Gasteiger partial charge is 0.272 e. The highest BCUT2D eigenvalue weighted by Gasteiger charge is 2.34. The van der Waals surface area contributed by atoms with Gasteiger partial charge in [-0.2, -0.15) is 10.2 Å². The van der Waals surface area contributed by atoms with E-state index in [4.69, 9.17) is 0 Å². The van der Waals surface area contributed by atoms with Crippen molar-refractivity contribution < 1.29 is 35.1 Å². The lowest BCUT2D eigenvalue weighted by Crippen LogP contribution is -2.12. The molecular formula is C28H18F8N4. The summed E-state index contributed by atoms with van der Waals surface area (Å²) in [7, 11) is 0. The Morgan fingerprint density at radius 3 is 1.00 bits per heavy atom. The number of benzene rings is 4.